The molecule has 0 aliphatic rings. The van der Waals surface area contributed by atoms with Crippen molar-refractivity contribution in [3.63, 3.8) is 0 Å². The number of rotatable bonds is 3. The van der Waals surface area contributed by atoms with Crippen LogP contribution in [0.2, 0.25) is 0 Å². The van der Waals surface area contributed by atoms with Crippen LogP contribution >= 0.6 is 0 Å². The standard InChI is InChI=1S/C12H8N2O2S2/c15-17-13-11-7-3-1-5-9(11)10-6-2-4-8-12(10)14-18-16/h1-8H. The topological polar surface area (TPSA) is 58.9 Å². The number of hydrogen-bond acceptors (Lipinski definition) is 4. The maximum absolute atomic E-state index is 10.6. The van der Waals surface area contributed by atoms with Gasteiger partial charge in [-0.05, 0) is 12.1 Å². The molecule has 0 heterocycles. The Morgan fingerprint density at radius 1 is 0.667 bits per heavy atom. The molecule has 0 saturated heterocycles. The first-order valence-electron chi connectivity index (χ1n) is 5.05. The van der Waals surface area contributed by atoms with E-state index < -0.39 is 0 Å². The van der Waals surface area contributed by atoms with Crippen LogP contribution in [0, 0.1) is 0 Å². The van der Waals surface area contributed by atoms with Crippen LogP contribution in [0.1, 0.15) is 0 Å². The van der Waals surface area contributed by atoms with E-state index in [1.807, 2.05) is 24.3 Å². The molecule has 4 nitrogen and oxygen atoms in total. The maximum atomic E-state index is 10.6. The third-order valence-corrected chi connectivity index (χ3v) is 2.91. The minimum atomic E-state index is 0.160. The summed E-state index contributed by atoms with van der Waals surface area (Å²) < 4.78 is 28.8. The fourth-order valence-corrected chi connectivity index (χ4v) is 2.12. The molecule has 2 aromatic rings. The van der Waals surface area contributed by atoms with Gasteiger partial charge in [0.25, 0.3) is 0 Å². The van der Waals surface area contributed by atoms with Gasteiger partial charge in [-0.25, -0.2) is 0 Å². The minimum Gasteiger partial charge on any atom is -0.191 e. The largest absolute Gasteiger partial charge is 0.205 e. The van der Waals surface area contributed by atoms with Gasteiger partial charge in [0, 0.05) is 11.1 Å². The van der Waals surface area contributed by atoms with E-state index in [1.54, 1.807) is 24.3 Å². The Hall–Kier alpha value is -1.92. The highest BCUT2D eigenvalue weighted by Gasteiger charge is 2.08. The van der Waals surface area contributed by atoms with Gasteiger partial charge < -0.3 is 0 Å². The summed E-state index contributed by atoms with van der Waals surface area (Å²) in [7, 11) is 0. The van der Waals surface area contributed by atoms with E-state index >= 15 is 0 Å². The fraction of sp³-hybridized carbons (Fsp3) is 0. The predicted octanol–water partition coefficient (Wildman–Crippen LogP) is 3.41. The molecule has 0 radical (unpaired) electrons. The highest BCUT2D eigenvalue weighted by atomic mass is 32.1. The van der Waals surface area contributed by atoms with E-state index in [0.717, 1.165) is 11.1 Å². The molecule has 0 unspecified atom stereocenters. The Bertz CT molecular complexity index is 616. The van der Waals surface area contributed by atoms with Crippen molar-refractivity contribution < 1.29 is 8.42 Å². The lowest BCUT2D eigenvalue weighted by molar-refractivity contribution is 0.697. The van der Waals surface area contributed by atoms with Crippen LogP contribution in [-0.2, 0) is 22.9 Å². The van der Waals surface area contributed by atoms with Crippen molar-refractivity contribution in [1.82, 2.24) is 0 Å². The summed E-state index contributed by atoms with van der Waals surface area (Å²) in [4.78, 5) is 0. The van der Waals surface area contributed by atoms with E-state index in [0.29, 0.717) is 11.4 Å². The molecular formula is C12H8N2O2S2. The van der Waals surface area contributed by atoms with Crippen LogP contribution in [0.15, 0.2) is 57.3 Å². The maximum Gasteiger partial charge on any atom is 0.205 e. The third kappa shape index (κ3) is 2.66. The lowest BCUT2D eigenvalue weighted by atomic mass is 10.0. The van der Waals surface area contributed by atoms with Crippen molar-refractivity contribution in [2.75, 3.05) is 0 Å². The molecule has 0 aliphatic heterocycles. The van der Waals surface area contributed by atoms with Crippen molar-refractivity contribution in [2.45, 2.75) is 0 Å². The summed E-state index contributed by atoms with van der Waals surface area (Å²) in [5.41, 5.74) is 2.73. The summed E-state index contributed by atoms with van der Waals surface area (Å²) in [5, 5.41) is 0. The molecule has 0 fully saturated rings. The lowest BCUT2D eigenvalue weighted by Crippen LogP contribution is -1.79. The summed E-state index contributed by atoms with van der Waals surface area (Å²) in [6.07, 6.45) is 0. The highest BCUT2D eigenvalue weighted by molar-refractivity contribution is 7.55. The first kappa shape index (κ1) is 12.5. The number of benzene rings is 2. The minimum absolute atomic E-state index is 0.160. The van der Waals surface area contributed by atoms with Crippen LogP contribution in [0.5, 0.6) is 0 Å². The Labute approximate surface area is 111 Å². The molecule has 18 heavy (non-hydrogen) atoms. The van der Waals surface area contributed by atoms with Gasteiger partial charge in [-0.15, -0.1) is 0 Å². The normalized spacial score (nSPS) is 9.56. The predicted molar refractivity (Wildman–Crippen MR) is 72.3 cm³/mol. The van der Waals surface area contributed by atoms with Crippen LogP contribution in [0.25, 0.3) is 11.1 Å². The van der Waals surface area contributed by atoms with E-state index in [4.69, 9.17) is 0 Å². The smallest absolute Gasteiger partial charge is 0.191 e. The number of nitrogens with zero attached hydrogens (tertiary/aromatic N) is 2. The number of hydrogen-bond donors (Lipinski definition) is 0. The van der Waals surface area contributed by atoms with Crippen molar-refractivity contribution >= 4 is 34.3 Å². The average Bonchev–Trinajstić information content (AvgIpc) is 2.41. The van der Waals surface area contributed by atoms with Crippen LogP contribution in [-0.4, -0.2) is 8.42 Å². The van der Waals surface area contributed by atoms with E-state index in [1.165, 1.54) is 0 Å². The monoisotopic (exact) mass is 276 g/mol. The zero-order chi connectivity index (χ0) is 12.8. The first-order chi connectivity index (χ1) is 8.86. The summed E-state index contributed by atoms with van der Waals surface area (Å²) in [6, 6.07) is 14.5. The van der Waals surface area contributed by atoms with E-state index in [2.05, 4.69) is 8.73 Å². The molecule has 2 aromatic carbocycles. The zero-order valence-corrected chi connectivity index (χ0v) is 10.8. The zero-order valence-electron chi connectivity index (χ0n) is 9.15. The third-order valence-electron chi connectivity index (χ3n) is 2.37. The van der Waals surface area contributed by atoms with E-state index in [9.17, 15) is 8.42 Å². The van der Waals surface area contributed by atoms with Gasteiger partial charge in [0.05, 0.1) is 11.4 Å². The second-order valence-electron chi connectivity index (χ2n) is 3.37. The van der Waals surface area contributed by atoms with Gasteiger partial charge in [-0.1, -0.05) is 36.4 Å². The van der Waals surface area contributed by atoms with Gasteiger partial charge in [0.15, 0.2) is 0 Å². The molecule has 2 rings (SSSR count). The van der Waals surface area contributed by atoms with Crippen molar-refractivity contribution in [3.8, 4) is 11.1 Å². The molecule has 0 spiro atoms. The first-order valence-corrected chi connectivity index (χ1v) is 6.45. The Morgan fingerprint density at radius 2 is 1.06 bits per heavy atom. The lowest BCUT2D eigenvalue weighted by Gasteiger charge is -2.06. The highest BCUT2D eigenvalue weighted by Crippen LogP contribution is 2.36. The van der Waals surface area contributed by atoms with Crippen LogP contribution in [0.4, 0.5) is 11.4 Å². The summed E-state index contributed by atoms with van der Waals surface area (Å²) >= 11 is 0.320. The van der Waals surface area contributed by atoms with Crippen molar-refractivity contribution in [3.05, 3.63) is 48.5 Å². The Kier molecular flexibility index (Phi) is 4.27. The van der Waals surface area contributed by atoms with Gasteiger partial charge >= 0.3 is 0 Å². The van der Waals surface area contributed by atoms with Crippen molar-refractivity contribution in [1.29, 1.82) is 0 Å². The van der Waals surface area contributed by atoms with E-state index in [-0.39, 0.29) is 22.9 Å². The summed E-state index contributed by atoms with van der Waals surface area (Å²) in [5.74, 6) is 0. The molecule has 6 heteroatoms. The summed E-state index contributed by atoms with van der Waals surface area (Å²) in [6.45, 7) is 0. The Balaban J connectivity index is 2.69. The SMILES string of the molecule is O=S=Nc1ccccc1-c1ccccc1N=S=O. The molecule has 0 amide bonds. The van der Waals surface area contributed by atoms with Crippen molar-refractivity contribution in [2.24, 2.45) is 8.73 Å². The molecule has 0 N–H and O–H groups in total. The van der Waals surface area contributed by atoms with Gasteiger partial charge in [-0.3, -0.25) is 0 Å². The molecular weight excluding hydrogens is 268 g/mol. The van der Waals surface area contributed by atoms with Gasteiger partial charge in [0.2, 0.25) is 22.9 Å². The molecule has 0 bridgehead atoms. The molecule has 0 atom stereocenters. The van der Waals surface area contributed by atoms with Gasteiger partial charge in [-0.2, -0.15) is 17.1 Å². The van der Waals surface area contributed by atoms with Gasteiger partial charge in [0.1, 0.15) is 0 Å². The second kappa shape index (κ2) is 6.13. The molecule has 90 valence electrons. The van der Waals surface area contributed by atoms with Crippen LogP contribution < -0.4 is 0 Å². The van der Waals surface area contributed by atoms with Crippen LogP contribution in [0.3, 0.4) is 0 Å². The molecule has 0 aliphatic carbocycles. The second-order valence-corrected chi connectivity index (χ2v) is 4.03. The molecule has 0 aromatic heterocycles. The molecule has 0 saturated carbocycles. The fourth-order valence-electron chi connectivity index (χ4n) is 1.64. The quantitative estimate of drug-likeness (QED) is 0.862. The average molecular weight is 276 g/mol. The Morgan fingerprint density at radius 3 is 1.44 bits per heavy atom.